The van der Waals surface area contributed by atoms with Crippen LogP contribution in [0, 0.1) is 0 Å². The van der Waals surface area contributed by atoms with E-state index >= 15 is 0 Å². The summed E-state index contributed by atoms with van der Waals surface area (Å²) in [4.78, 5) is 16.1. The minimum atomic E-state index is -4.37. The molecule has 150 valence electrons. The maximum absolute atomic E-state index is 12.9. The predicted molar refractivity (Wildman–Crippen MR) is 102 cm³/mol. The fourth-order valence-electron chi connectivity index (χ4n) is 3.09. The summed E-state index contributed by atoms with van der Waals surface area (Å²) in [5, 5.41) is 0.581. The molecule has 1 aliphatic rings. The van der Waals surface area contributed by atoms with E-state index in [0.29, 0.717) is 42.6 Å². The third-order valence-corrected chi connectivity index (χ3v) is 4.86. The predicted octanol–water partition coefficient (Wildman–Crippen LogP) is 4.47. The number of hydrogen-bond donors (Lipinski definition) is 0. The number of carbonyl (C=O) groups excluding carboxylic acids is 1. The molecule has 1 aliphatic heterocycles. The molecular weight excluding hydrogens is 393 g/mol. The highest BCUT2D eigenvalue weighted by molar-refractivity contribution is 6.30. The van der Waals surface area contributed by atoms with Crippen LogP contribution in [0.1, 0.15) is 12.5 Å². The normalized spacial score (nSPS) is 16.0. The fourth-order valence-corrected chi connectivity index (χ4v) is 3.21. The number of piperazine rings is 1. The zero-order valence-electron chi connectivity index (χ0n) is 15.2. The van der Waals surface area contributed by atoms with Crippen LogP contribution >= 0.6 is 11.6 Å². The summed E-state index contributed by atoms with van der Waals surface area (Å²) in [5.74, 6) is 0.395. The molecule has 0 bridgehead atoms. The first-order chi connectivity index (χ1) is 13.2. The average Bonchev–Trinajstić information content (AvgIpc) is 2.69. The number of halogens is 4. The van der Waals surface area contributed by atoms with Crippen molar-refractivity contribution in [1.82, 2.24) is 4.90 Å². The van der Waals surface area contributed by atoms with E-state index in [1.165, 1.54) is 6.07 Å². The van der Waals surface area contributed by atoms with Crippen LogP contribution in [0.5, 0.6) is 5.75 Å². The van der Waals surface area contributed by atoms with E-state index in [1.54, 1.807) is 42.2 Å². The highest BCUT2D eigenvalue weighted by atomic mass is 35.5. The molecule has 4 nitrogen and oxygen atoms in total. The number of amides is 1. The number of nitrogens with zero attached hydrogens (tertiary/aromatic N) is 2. The van der Waals surface area contributed by atoms with Crippen LogP contribution in [0.2, 0.25) is 5.02 Å². The number of ether oxygens (including phenoxy) is 1. The van der Waals surface area contributed by atoms with E-state index in [1.807, 2.05) is 4.90 Å². The van der Waals surface area contributed by atoms with E-state index in [4.69, 9.17) is 16.3 Å². The summed E-state index contributed by atoms with van der Waals surface area (Å²) in [7, 11) is 0. The molecule has 0 unspecified atom stereocenters. The summed E-state index contributed by atoms with van der Waals surface area (Å²) in [6, 6.07) is 12.0. The lowest BCUT2D eigenvalue weighted by Gasteiger charge is -2.37. The molecule has 0 N–H and O–H groups in total. The van der Waals surface area contributed by atoms with Crippen molar-refractivity contribution in [3.8, 4) is 5.75 Å². The van der Waals surface area contributed by atoms with Crippen LogP contribution in [0.15, 0.2) is 48.5 Å². The second kappa shape index (κ2) is 8.31. The Bertz CT molecular complexity index is 819. The van der Waals surface area contributed by atoms with Crippen molar-refractivity contribution < 1.29 is 22.7 Å². The maximum atomic E-state index is 12.9. The largest absolute Gasteiger partial charge is 0.481 e. The van der Waals surface area contributed by atoms with Crippen molar-refractivity contribution in [2.24, 2.45) is 0 Å². The molecule has 2 aromatic rings. The Kier molecular flexibility index (Phi) is 6.03. The molecule has 28 heavy (non-hydrogen) atoms. The Balaban J connectivity index is 1.57. The molecule has 0 aromatic heterocycles. The smallest absolute Gasteiger partial charge is 0.416 e. The standard InChI is InChI=1S/C20H20ClF3N2O2/c1-14(28-18-7-5-16(21)6-8-18)19(27)26-11-9-25(10-12-26)17-4-2-3-15(13-17)20(22,23)24/h2-8,13-14H,9-12H2,1H3/t14-/m1/s1. The molecule has 0 saturated carbocycles. The molecule has 0 spiro atoms. The molecule has 1 heterocycles. The van der Waals surface area contributed by atoms with Crippen LogP contribution in [0.4, 0.5) is 18.9 Å². The molecular formula is C20H20ClF3N2O2. The van der Waals surface area contributed by atoms with Crippen LogP contribution < -0.4 is 9.64 Å². The third-order valence-electron chi connectivity index (χ3n) is 4.60. The van der Waals surface area contributed by atoms with Gasteiger partial charge in [0.15, 0.2) is 6.10 Å². The summed E-state index contributed by atoms with van der Waals surface area (Å²) < 4.78 is 44.4. The highest BCUT2D eigenvalue weighted by Gasteiger charge is 2.31. The molecule has 1 saturated heterocycles. The molecule has 1 amide bonds. The SMILES string of the molecule is C[C@@H](Oc1ccc(Cl)cc1)C(=O)N1CCN(c2cccc(C(F)(F)F)c2)CC1. The Morgan fingerprint density at radius 3 is 2.32 bits per heavy atom. The van der Waals surface area contributed by atoms with Gasteiger partial charge in [-0.15, -0.1) is 0 Å². The number of benzene rings is 2. The zero-order chi connectivity index (χ0) is 20.3. The number of hydrogen-bond acceptors (Lipinski definition) is 3. The number of alkyl halides is 3. The van der Waals surface area contributed by atoms with Gasteiger partial charge in [-0.25, -0.2) is 0 Å². The number of anilines is 1. The lowest BCUT2D eigenvalue weighted by atomic mass is 10.1. The first-order valence-electron chi connectivity index (χ1n) is 8.87. The lowest BCUT2D eigenvalue weighted by molar-refractivity contribution is -0.138. The Morgan fingerprint density at radius 1 is 1.07 bits per heavy atom. The van der Waals surface area contributed by atoms with Gasteiger partial charge in [0.05, 0.1) is 5.56 Å². The summed E-state index contributed by atoms with van der Waals surface area (Å²) in [6.07, 6.45) is -5.04. The average molecular weight is 413 g/mol. The van der Waals surface area contributed by atoms with Crippen molar-refractivity contribution >= 4 is 23.2 Å². The van der Waals surface area contributed by atoms with Crippen LogP contribution in [-0.4, -0.2) is 43.1 Å². The molecule has 1 fully saturated rings. The van der Waals surface area contributed by atoms with E-state index in [-0.39, 0.29) is 5.91 Å². The van der Waals surface area contributed by atoms with Gasteiger partial charge in [0.2, 0.25) is 0 Å². The van der Waals surface area contributed by atoms with Gasteiger partial charge in [0.1, 0.15) is 5.75 Å². The molecule has 0 radical (unpaired) electrons. The molecule has 2 aromatic carbocycles. The van der Waals surface area contributed by atoms with Crippen molar-refractivity contribution in [3.05, 3.63) is 59.1 Å². The minimum Gasteiger partial charge on any atom is -0.481 e. The second-order valence-electron chi connectivity index (χ2n) is 6.57. The van der Waals surface area contributed by atoms with Crippen molar-refractivity contribution in [1.29, 1.82) is 0 Å². The topological polar surface area (TPSA) is 32.8 Å². The monoisotopic (exact) mass is 412 g/mol. The van der Waals surface area contributed by atoms with Crippen LogP contribution in [0.25, 0.3) is 0 Å². The maximum Gasteiger partial charge on any atom is 0.416 e. The molecule has 1 atom stereocenters. The summed E-state index contributed by atoms with van der Waals surface area (Å²) in [5.41, 5.74) is -0.166. The van der Waals surface area contributed by atoms with E-state index in [9.17, 15) is 18.0 Å². The summed E-state index contributed by atoms with van der Waals surface area (Å²) >= 11 is 5.83. The van der Waals surface area contributed by atoms with E-state index in [2.05, 4.69) is 0 Å². The van der Waals surface area contributed by atoms with Gasteiger partial charge in [-0.1, -0.05) is 17.7 Å². The molecule has 0 aliphatic carbocycles. The van der Waals surface area contributed by atoms with Gasteiger partial charge in [0.25, 0.3) is 5.91 Å². The zero-order valence-corrected chi connectivity index (χ0v) is 16.0. The van der Waals surface area contributed by atoms with Crippen molar-refractivity contribution in [2.75, 3.05) is 31.1 Å². The van der Waals surface area contributed by atoms with E-state index in [0.717, 1.165) is 12.1 Å². The second-order valence-corrected chi connectivity index (χ2v) is 7.01. The van der Waals surface area contributed by atoms with Crippen molar-refractivity contribution in [3.63, 3.8) is 0 Å². The Hall–Kier alpha value is -2.41. The van der Waals surface area contributed by atoms with Gasteiger partial charge >= 0.3 is 6.18 Å². The lowest BCUT2D eigenvalue weighted by Crippen LogP contribution is -2.52. The van der Waals surface area contributed by atoms with Gasteiger partial charge in [-0.05, 0) is 49.4 Å². The number of carbonyl (C=O) groups is 1. The first kappa shape index (κ1) is 20.3. The first-order valence-corrected chi connectivity index (χ1v) is 9.25. The van der Waals surface area contributed by atoms with Gasteiger partial charge in [-0.3, -0.25) is 4.79 Å². The Morgan fingerprint density at radius 2 is 1.71 bits per heavy atom. The quantitative estimate of drug-likeness (QED) is 0.742. The van der Waals surface area contributed by atoms with Crippen LogP contribution in [0.3, 0.4) is 0 Å². The number of rotatable bonds is 4. The minimum absolute atomic E-state index is 0.154. The molecule has 8 heteroatoms. The fraction of sp³-hybridized carbons (Fsp3) is 0.350. The highest BCUT2D eigenvalue weighted by Crippen LogP contribution is 2.32. The van der Waals surface area contributed by atoms with Gasteiger partial charge in [0, 0.05) is 36.9 Å². The molecule has 3 rings (SSSR count). The summed E-state index contributed by atoms with van der Waals surface area (Å²) in [6.45, 7) is 3.43. The van der Waals surface area contributed by atoms with E-state index < -0.39 is 17.8 Å². The van der Waals surface area contributed by atoms with Gasteiger partial charge in [-0.2, -0.15) is 13.2 Å². The van der Waals surface area contributed by atoms with Crippen molar-refractivity contribution in [2.45, 2.75) is 19.2 Å². The van der Waals surface area contributed by atoms with Gasteiger partial charge < -0.3 is 14.5 Å². The van der Waals surface area contributed by atoms with Crippen LogP contribution in [-0.2, 0) is 11.0 Å². The third kappa shape index (κ3) is 4.90. The Labute approximate surface area is 166 Å².